The van der Waals surface area contributed by atoms with E-state index in [9.17, 15) is 14.7 Å². The van der Waals surface area contributed by atoms with E-state index in [1.54, 1.807) is 11.0 Å². The molecule has 1 aliphatic heterocycles. The third-order valence-electron chi connectivity index (χ3n) is 6.26. The third kappa shape index (κ3) is 7.31. The number of rotatable bonds is 14. The molecule has 1 N–H and O–H groups in total. The Hall–Kier alpha value is -3.38. The molecule has 0 radical (unpaired) electrons. The number of hydrogen-bond donors (Lipinski definition) is 1. The van der Waals surface area contributed by atoms with Crippen molar-refractivity contribution in [1.29, 1.82) is 0 Å². The molecule has 0 fully saturated rings. The molecule has 0 aliphatic carbocycles. The summed E-state index contributed by atoms with van der Waals surface area (Å²) in [4.78, 5) is 30.0. The monoisotopic (exact) mass is 490 g/mol. The lowest BCUT2D eigenvalue weighted by molar-refractivity contribution is -0.129. The number of ketones is 1. The minimum atomic E-state index is -0.647. The summed E-state index contributed by atoms with van der Waals surface area (Å²) in [5.41, 5.74) is 1.76. The molecule has 0 bridgehead atoms. The molecule has 1 heterocycles. The second kappa shape index (κ2) is 13.6. The molecule has 6 nitrogen and oxygen atoms in total. The van der Waals surface area contributed by atoms with E-state index >= 15 is 0 Å². The van der Waals surface area contributed by atoms with Gasteiger partial charge in [0.1, 0.15) is 5.75 Å². The van der Waals surface area contributed by atoms with Crippen molar-refractivity contribution >= 4 is 17.8 Å². The van der Waals surface area contributed by atoms with Crippen LogP contribution in [0, 0.1) is 0 Å². The number of ether oxygens (including phenoxy) is 1. The molecule has 6 heteroatoms. The fraction of sp³-hybridized carbons (Fsp3) is 0.400. The average Bonchev–Trinajstić information content (AvgIpc) is 3.13. The van der Waals surface area contributed by atoms with E-state index in [0.29, 0.717) is 13.2 Å². The zero-order valence-corrected chi connectivity index (χ0v) is 21.7. The Kier molecular flexibility index (Phi) is 10.3. The summed E-state index contributed by atoms with van der Waals surface area (Å²) >= 11 is 0. The Morgan fingerprint density at radius 1 is 1.03 bits per heavy atom. The quantitative estimate of drug-likeness (QED) is 0.277. The smallest absolute Gasteiger partial charge is 0.290 e. The number of aliphatic hydroxyl groups is 1. The summed E-state index contributed by atoms with van der Waals surface area (Å²) in [6, 6.07) is 16.3. The SMILES string of the molecule is CCCCCCOc1ccc(C2C(C(=O)C=Cc3ccccc3)=C(O)C(=O)N2CCCN(C)C)cc1. The fourth-order valence-electron chi connectivity index (χ4n) is 4.33. The first-order valence-corrected chi connectivity index (χ1v) is 12.8. The minimum Gasteiger partial charge on any atom is -0.503 e. The van der Waals surface area contributed by atoms with Gasteiger partial charge >= 0.3 is 0 Å². The van der Waals surface area contributed by atoms with Gasteiger partial charge in [0.25, 0.3) is 5.91 Å². The number of allylic oxidation sites excluding steroid dienone is 1. The maximum absolute atomic E-state index is 13.3. The van der Waals surface area contributed by atoms with Gasteiger partial charge in [0.15, 0.2) is 11.5 Å². The molecule has 3 rings (SSSR count). The highest BCUT2D eigenvalue weighted by atomic mass is 16.5. The Labute approximate surface area is 214 Å². The summed E-state index contributed by atoms with van der Waals surface area (Å²) < 4.78 is 5.87. The molecule has 0 spiro atoms. The molecule has 0 saturated carbocycles. The molecular weight excluding hydrogens is 452 g/mol. The van der Waals surface area contributed by atoms with Crippen molar-refractivity contribution in [2.45, 2.75) is 45.1 Å². The predicted octanol–water partition coefficient (Wildman–Crippen LogP) is 5.58. The van der Waals surface area contributed by atoms with Gasteiger partial charge in [-0.05, 0) is 62.8 Å². The molecule has 1 atom stereocenters. The van der Waals surface area contributed by atoms with Crippen molar-refractivity contribution in [2.75, 3.05) is 33.8 Å². The molecule has 36 heavy (non-hydrogen) atoms. The normalized spacial score (nSPS) is 15.9. The summed E-state index contributed by atoms with van der Waals surface area (Å²) in [6.45, 7) is 4.06. The van der Waals surface area contributed by atoms with Crippen molar-refractivity contribution in [3.8, 4) is 5.75 Å². The molecule has 0 aromatic heterocycles. The number of carbonyl (C=O) groups is 2. The first kappa shape index (κ1) is 27.2. The standard InChI is InChI=1S/C30H38N2O4/c1-4-5-6-10-22-36-25-17-15-24(16-18-25)28-27(26(33)19-14-23-12-8-7-9-13-23)29(34)30(35)32(28)21-11-20-31(2)3/h7-9,12-19,28,34H,4-6,10-11,20-22H2,1-3H3. The summed E-state index contributed by atoms with van der Waals surface area (Å²) in [5, 5.41) is 10.8. The second-order valence-electron chi connectivity index (χ2n) is 9.41. The Bertz CT molecular complexity index is 1060. The van der Waals surface area contributed by atoms with Gasteiger partial charge in [0.2, 0.25) is 0 Å². The second-order valence-corrected chi connectivity index (χ2v) is 9.41. The largest absolute Gasteiger partial charge is 0.503 e. The minimum absolute atomic E-state index is 0.116. The Morgan fingerprint density at radius 2 is 1.75 bits per heavy atom. The number of unbranched alkanes of at least 4 members (excludes halogenated alkanes) is 3. The molecule has 1 unspecified atom stereocenters. The Balaban J connectivity index is 1.82. The van der Waals surface area contributed by atoms with Crippen LogP contribution in [0.2, 0.25) is 0 Å². The fourth-order valence-corrected chi connectivity index (χ4v) is 4.33. The van der Waals surface area contributed by atoms with Gasteiger partial charge in [-0.1, -0.05) is 74.7 Å². The molecule has 2 aromatic rings. The molecule has 2 aromatic carbocycles. The average molecular weight is 491 g/mol. The summed E-state index contributed by atoms with van der Waals surface area (Å²) in [7, 11) is 3.95. The van der Waals surface area contributed by atoms with Crippen LogP contribution in [-0.2, 0) is 9.59 Å². The first-order chi connectivity index (χ1) is 17.4. The van der Waals surface area contributed by atoms with Gasteiger partial charge in [-0.3, -0.25) is 9.59 Å². The number of hydrogen-bond acceptors (Lipinski definition) is 5. The molecule has 1 amide bonds. The van der Waals surface area contributed by atoms with Crippen LogP contribution in [-0.4, -0.2) is 60.4 Å². The summed E-state index contributed by atoms with van der Waals surface area (Å²) in [6.07, 6.45) is 8.40. The number of aliphatic hydroxyl groups excluding tert-OH is 1. The lowest BCUT2D eigenvalue weighted by Gasteiger charge is -2.27. The summed E-state index contributed by atoms with van der Waals surface area (Å²) in [5.74, 6) is -0.597. The van der Waals surface area contributed by atoms with E-state index in [-0.39, 0.29) is 11.4 Å². The first-order valence-electron chi connectivity index (χ1n) is 12.8. The van der Waals surface area contributed by atoms with Crippen LogP contribution in [0.3, 0.4) is 0 Å². The van der Waals surface area contributed by atoms with Crippen molar-refractivity contribution < 1.29 is 19.4 Å². The maximum Gasteiger partial charge on any atom is 0.290 e. The van der Waals surface area contributed by atoms with Crippen LogP contribution in [0.4, 0.5) is 0 Å². The van der Waals surface area contributed by atoms with Crippen LogP contribution in [0.15, 0.2) is 72.0 Å². The van der Waals surface area contributed by atoms with Crippen LogP contribution in [0.1, 0.15) is 56.2 Å². The van der Waals surface area contributed by atoms with E-state index in [2.05, 4.69) is 6.92 Å². The molecule has 1 aliphatic rings. The van der Waals surface area contributed by atoms with E-state index in [1.165, 1.54) is 18.9 Å². The predicted molar refractivity (Wildman–Crippen MR) is 144 cm³/mol. The van der Waals surface area contributed by atoms with Gasteiger partial charge in [-0.25, -0.2) is 0 Å². The molecular formula is C30H38N2O4. The van der Waals surface area contributed by atoms with E-state index in [0.717, 1.165) is 42.7 Å². The molecule has 192 valence electrons. The lowest BCUT2D eigenvalue weighted by Crippen LogP contribution is -2.33. The highest BCUT2D eigenvalue weighted by Crippen LogP contribution is 2.38. The lowest BCUT2D eigenvalue weighted by atomic mass is 9.95. The zero-order valence-electron chi connectivity index (χ0n) is 21.7. The Morgan fingerprint density at radius 3 is 2.42 bits per heavy atom. The van der Waals surface area contributed by atoms with E-state index < -0.39 is 17.7 Å². The van der Waals surface area contributed by atoms with Crippen LogP contribution in [0.5, 0.6) is 5.75 Å². The van der Waals surface area contributed by atoms with Crippen LogP contribution >= 0.6 is 0 Å². The topological polar surface area (TPSA) is 70.1 Å². The molecule has 0 saturated heterocycles. The highest BCUT2D eigenvalue weighted by molar-refractivity contribution is 6.14. The van der Waals surface area contributed by atoms with Crippen molar-refractivity contribution in [2.24, 2.45) is 0 Å². The van der Waals surface area contributed by atoms with Crippen molar-refractivity contribution in [3.63, 3.8) is 0 Å². The van der Waals surface area contributed by atoms with Crippen LogP contribution < -0.4 is 4.74 Å². The van der Waals surface area contributed by atoms with Crippen molar-refractivity contribution in [1.82, 2.24) is 9.80 Å². The van der Waals surface area contributed by atoms with Gasteiger partial charge < -0.3 is 19.6 Å². The number of amides is 1. The van der Waals surface area contributed by atoms with E-state index in [1.807, 2.05) is 73.6 Å². The zero-order chi connectivity index (χ0) is 25.9. The maximum atomic E-state index is 13.3. The highest BCUT2D eigenvalue weighted by Gasteiger charge is 2.42. The van der Waals surface area contributed by atoms with E-state index in [4.69, 9.17) is 4.74 Å². The van der Waals surface area contributed by atoms with Gasteiger partial charge in [-0.2, -0.15) is 0 Å². The number of carbonyl (C=O) groups excluding carboxylic acids is 2. The number of benzene rings is 2. The van der Waals surface area contributed by atoms with Gasteiger partial charge in [-0.15, -0.1) is 0 Å². The third-order valence-corrected chi connectivity index (χ3v) is 6.26. The van der Waals surface area contributed by atoms with Gasteiger partial charge in [0, 0.05) is 6.54 Å². The van der Waals surface area contributed by atoms with Gasteiger partial charge in [0.05, 0.1) is 18.2 Å². The van der Waals surface area contributed by atoms with Crippen molar-refractivity contribution in [3.05, 3.63) is 83.1 Å². The number of nitrogens with zero attached hydrogens (tertiary/aromatic N) is 2. The van der Waals surface area contributed by atoms with Crippen LogP contribution in [0.25, 0.3) is 6.08 Å².